The minimum absolute atomic E-state index is 0.159. The van der Waals surface area contributed by atoms with E-state index in [4.69, 9.17) is 23.2 Å². The summed E-state index contributed by atoms with van der Waals surface area (Å²) in [6.07, 6.45) is 2.62. The molecular weight excluding hydrogens is 423 g/mol. The smallest absolute Gasteiger partial charge is 0.258 e. The number of carbonyl (C=O) groups is 1. The van der Waals surface area contributed by atoms with Gasteiger partial charge in [-0.2, -0.15) is 0 Å². The van der Waals surface area contributed by atoms with Crippen LogP contribution in [0.4, 0.5) is 11.4 Å². The van der Waals surface area contributed by atoms with Gasteiger partial charge in [0.25, 0.3) is 5.91 Å². The number of hydrazine groups is 1. The van der Waals surface area contributed by atoms with Crippen LogP contribution in [0.25, 0.3) is 10.9 Å². The van der Waals surface area contributed by atoms with Crippen molar-refractivity contribution in [2.24, 2.45) is 0 Å². The molecule has 0 unspecified atom stereocenters. The van der Waals surface area contributed by atoms with E-state index in [1.54, 1.807) is 49.5 Å². The zero-order valence-corrected chi connectivity index (χ0v) is 17.2. The lowest BCUT2D eigenvalue weighted by Gasteiger charge is -2.15. The highest BCUT2D eigenvalue weighted by atomic mass is 35.5. The van der Waals surface area contributed by atoms with Crippen LogP contribution in [0.2, 0.25) is 10.0 Å². The third kappa shape index (κ3) is 4.36. The molecule has 0 aliphatic rings. The number of hydrogen-bond acceptors (Lipinski definition) is 5. The summed E-state index contributed by atoms with van der Waals surface area (Å²) in [5, 5.41) is 3.85. The highest BCUT2D eigenvalue weighted by Crippen LogP contribution is 2.31. The molecule has 0 saturated carbocycles. The molecule has 10 heteroatoms. The molecule has 3 rings (SSSR count). The molecule has 3 N–H and O–H groups in total. The van der Waals surface area contributed by atoms with Crippen LogP contribution in [0.1, 0.15) is 15.9 Å². The van der Waals surface area contributed by atoms with Gasteiger partial charge in [-0.3, -0.25) is 9.78 Å². The summed E-state index contributed by atoms with van der Waals surface area (Å²) >= 11 is 12.2. The van der Waals surface area contributed by atoms with Crippen LogP contribution < -0.4 is 15.6 Å². The van der Waals surface area contributed by atoms with Crippen LogP contribution in [0, 0.1) is 6.92 Å². The van der Waals surface area contributed by atoms with E-state index in [0.29, 0.717) is 22.3 Å². The van der Waals surface area contributed by atoms with E-state index in [9.17, 15) is 13.2 Å². The maximum atomic E-state index is 12.7. The molecule has 28 heavy (non-hydrogen) atoms. The molecule has 0 bridgehead atoms. The molecule has 2 aromatic carbocycles. The van der Waals surface area contributed by atoms with Crippen molar-refractivity contribution in [2.45, 2.75) is 6.92 Å². The van der Waals surface area contributed by atoms with Gasteiger partial charge in [-0.15, -0.1) is 4.83 Å². The number of carbonyl (C=O) groups excluding carboxylic acids is 1. The average molecular weight is 439 g/mol. The number of nitrogens with zero attached hydrogens (tertiary/aromatic N) is 1. The van der Waals surface area contributed by atoms with Crippen molar-refractivity contribution in [2.75, 3.05) is 17.0 Å². The van der Waals surface area contributed by atoms with Crippen LogP contribution in [-0.4, -0.2) is 25.6 Å². The summed E-state index contributed by atoms with van der Waals surface area (Å²) in [6.45, 7) is 1.79. The summed E-state index contributed by atoms with van der Waals surface area (Å²) in [6, 6.07) is 9.97. The Hall–Kier alpha value is -2.39. The van der Waals surface area contributed by atoms with E-state index < -0.39 is 15.9 Å². The predicted octanol–water partition coefficient (Wildman–Crippen LogP) is 3.98. The van der Waals surface area contributed by atoms with Gasteiger partial charge in [-0.25, -0.2) is 8.42 Å². The first kappa shape index (κ1) is 20.3. The highest BCUT2D eigenvalue weighted by molar-refractivity contribution is 7.88. The number of para-hydroxylation sites is 1. The number of aromatic nitrogens is 1. The van der Waals surface area contributed by atoms with E-state index in [0.717, 1.165) is 11.8 Å². The Balaban J connectivity index is 2.02. The lowest BCUT2D eigenvalue weighted by molar-refractivity contribution is 0.102. The Labute approximate surface area is 172 Å². The summed E-state index contributed by atoms with van der Waals surface area (Å²) in [5.74, 6) is -0.478. The number of rotatable bonds is 5. The minimum atomic E-state index is -3.46. The van der Waals surface area contributed by atoms with Gasteiger partial charge >= 0.3 is 0 Å². The number of hydrogen-bond donors (Lipinski definition) is 3. The molecule has 1 heterocycles. The molecule has 0 aliphatic heterocycles. The van der Waals surface area contributed by atoms with Crippen molar-refractivity contribution in [3.05, 3.63) is 63.8 Å². The largest absolute Gasteiger partial charge is 0.320 e. The van der Waals surface area contributed by atoms with Crippen molar-refractivity contribution in [3.63, 3.8) is 0 Å². The van der Waals surface area contributed by atoms with E-state index in [1.165, 1.54) is 0 Å². The lowest BCUT2D eigenvalue weighted by Crippen LogP contribution is -2.28. The first-order chi connectivity index (χ1) is 13.2. The van der Waals surface area contributed by atoms with Gasteiger partial charge in [-0.05, 0) is 30.7 Å². The van der Waals surface area contributed by atoms with Crippen LogP contribution in [0.3, 0.4) is 0 Å². The van der Waals surface area contributed by atoms with Gasteiger partial charge < -0.3 is 10.7 Å². The average Bonchev–Trinajstić information content (AvgIpc) is 2.60. The van der Waals surface area contributed by atoms with Crippen LogP contribution in [0.15, 0.2) is 42.6 Å². The number of fused-ring (bicyclic) bond motifs is 1. The number of pyridine rings is 1. The summed E-state index contributed by atoms with van der Waals surface area (Å²) in [7, 11) is -3.46. The zero-order valence-electron chi connectivity index (χ0n) is 14.9. The van der Waals surface area contributed by atoms with Crippen molar-refractivity contribution in [1.29, 1.82) is 0 Å². The van der Waals surface area contributed by atoms with Crippen LogP contribution in [0.5, 0.6) is 0 Å². The Morgan fingerprint density at radius 2 is 1.71 bits per heavy atom. The van der Waals surface area contributed by atoms with Crippen molar-refractivity contribution < 1.29 is 13.2 Å². The molecular formula is C18H16Cl2N4O3S. The quantitative estimate of drug-likeness (QED) is 0.523. The number of aryl methyl sites for hydroxylation is 1. The summed E-state index contributed by atoms with van der Waals surface area (Å²) in [5.41, 5.74) is 5.01. The maximum absolute atomic E-state index is 12.7. The normalized spacial score (nSPS) is 11.4. The van der Waals surface area contributed by atoms with Crippen molar-refractivity contribution >= 4 is 61.4 Å². The van der Waals surface area contributed by atoms with Gasteiger partial charge in [-0.1, -0.05) is 41.4 Å². The fourth-order valence-electron chi connectivity index (χ4n) is 2.63. The number of benzene rings is 2. The lowest BCUT2D eigenvalue weighted by atomic mass is 10.1. The Kier molecular flexibility index (Phi) is 5.76. The van der Waals surface area contributed by atoms with Gasteiger partial charge in [0.2, 0.25) is 10.0 Å². The second-order valence-corrected chi connectivity index (χ2v) is 8.63. The predicted molar refractivity (Wildman–Crippen MR) is 112 cm³/mol. The Morgan fingerprint density at radius 3 is 2.36 bits per heavy atom. The first-order valence-electron chi connectivity index (χ1n) is 8.04. The fraction of sp³-hybridized carbons (Fsp3) is 0.111. The number of amides is 1. The number of sulfonamides is 1. The Morgan fingerprint density at radius 1 is 1.07 bits per heavy atom. The number of halogens is 2. The number of nitrogens with one attached hydrogen (secondary N) is 3. The molecule has 0 aliphatic carbocycles. The molecule has 0 fully saturated rings. The zero-order chi connectivity index (χ0) is 20.5. The topological polar surface area (TPSA) is 100 Å². The Bertz CT molecular complexity index is 1160. The van der Waals surface area contributed by atoms with E-state index in [2.05, 4.69) is 20.6 Å². The SMILES string of the molecule is Cc1cnc2c(NC(=O)c3c(Cl)cccc3Cl)cccc2c1NNS(C)(=O)=O. The van der Waals surface area contributed by atoms with Crippen molar-refractivity contribution in [3.8, 4) is 0 Å². The maximum Gasteiger partial charge on any atom is 0.258 e. The first-order valence-corrected chi connectivity index (χ1v) is 10.7. The molecule has 1 amide bonds. The molecule has 0 spiro atoms. The molecule has 0 atom stereocenters. The molecule has 0 saturated heterocycles. The highest BCUT2D eigenvalue weighted by Gasteiger charge is 2.17. The van der Waals surface area contributed by atoms with Gasteiger partial charge in [0.15, 0.2) is 0 Å². The van der Waals surface area contributed by atoms with Gasteiger partial charge in [0, 0.05) is 11.6 Å². The molecule has 146 valence electrons. The minimum Gasteiger partial charge on any atom is -0.320 e. The van der Waals surface area contributed by atoms with Crippen LogP contribution >= 0.6 is 23.2 Å². The summed E-state index contributed by atoms with van der Waals surface area (Å²) < 4.78 is 22.8. The second kappa shape index (κ2) is 7.92. The van der Waals surface area contributed by atoms with Crippen molar-refractivity contribution in [1.82, 2.24) is 9.82 Å². The second-order valence-electron chi connectivity index (χ2n) is 6.07. The van der Waals surface area contributed by atoms with E-state index >= 15 is 0 Å². The fourth-order valence-corrected chi connectivity index (χ4v) is 3.49. The molecule has 7 nitrogen and oxygen atoms in total. The molecule has 1 aromatic heterocycles. The standard InChI is InChI=1S/C18H16Cl2N4O3S/c1-10-9-21-17-11(16(10)23-24-28(2,26)27)5-3-8-14(17)22-18(25)15-12(19)6-4-7-13(15)20/h3-9,24H,1-2H3,(H,21,23)(H,22,25). The van der Waals surface area contributed by atoms with E-state index in [-0.39, 0.29) is 15.6 Å². The monoisotopic (exact) mass is 438 g/mol. The van der Waals surface area contributed by atoms with Gasteiger partial charge in [0.05, 0.1) is 38.8 Å². The molecule has 0 radical (unpaired) electrons. The van der Waals surface area contributed by atoms with Crippen LogP contribution in [-0.2, 0) is 10.0 Å². The van der Waals surface area contributed by atoms with Gasteiger partial charge in [0.1, 0.15) is 0 Å². The number of anilines is 2. The molecule has 3 aromatic rings. The summed E-state index contributed by atoms with van der Waals surface area (Å²) in [4.78, 5) is 19.3. The third-order valence-electron chi connectivity index (χ3n) is 3.89. The third-order valence-corrected chi connectivity index (χ3v) is 4.99. The van der Waals surface area contributed by atoms with E-state index in [1.807, 2.05) is 0 Å².